The van der Waals surface area contributed by atoms with Gasteiger partial charge in [0.15, 0.2) is 0 Å². The van der Waals surface area contributed by atoms with Gasteiger partial charge in [0.05, 0.1) is 0 Å². The van der Waals surface area contributed by atoms with Crippen molar-refractivity contribution in [3.8, 4) is 11.1 Å². The number of hydrogen-bond acceptors (Lipinski definition) is 0. The van der Waals surface area contributed by atoms with Crippen molar-refractivity contribution < 1.29 is 24.2 Å². The topological polar surface area (TPSA) is 0 Å². The molecule has 3 heteroatoms. The first-order chi connectivity index (χ1) is 20.8. The van der Waals surface area contributed by atoms with Crippen LogP contribution >= 0.6 is 24.8 Å². The molecular weight excluding hydrogens is 691 g/mol. The molecule has 47 heavy (non-hydrogen) atoms. The summed E-state index contributed by atoms with van der Waals surface area (Å²) in [6, 6.07) is 22.5. The second-order valence-corrected chi connectivity index (χ2v) is 14.5. The first-order valence-corrected chi connectivity index (χ1v) is 17.6. The van der Waals surface area contributed by atoms with Gasteiger partial charge in [0.25, 0.3) is 0 Å². The number of benzene rings is 3. The van der Waals surface area contributed by atoms with Crippen LogP contribution in [0.25, 0.3) is 22.3 Å². The molecule has 0 N–H and O–H groups in total. The minimum absolute atomic E-state index is 0. The van der Waals surface area contributed by atoms with Gasteiger partial charge in [0, 0.05) is 0 Å². The number of allylic oxidation sites excluding steroid dienone is 8. The van der Waals surface area contributed by atoms with Gasteiger partial charge in [-0.1, -0.05) is 89.1 Å². The minimum Gasteiger partial charge on any atom is -0.358 e. The monoisotopic (exact) mass is 742 g/mol. The maximum Gasteiger partial charge on any atom is -0.171 e. The molecule has 0 radical (unpaired) electrons. The first-order valence-electron chi connectivity index (χ1n) is 15.9. The van der Waals surface area contributed by atoms with E-state index >= 15 is 0 Å². The summed E-state index contributed by atoms with van der Waals surface area (Å²) >= 11 is 1.30. The van der Waals surface area contributed by atoms with Crippen molar-refractivity contribution in [2.45, 2.75) is 92.4 Å². The molecule has 0 saturated heterocycles. The predicted molar refractivity (Wildman–Crippen MR) is 210 cm³/mol. The second-order valence-electron chi connectivity index (χ2n) is 14.5. The van der Waals surface area contributed by atoms with E-state index in [0.717, 1.165) is 19.3 Å². The van der Waals surface area contributed by atoms with E-state index in [1.54, 1.807) is 0 Å². The Bertz CT molecular complexity index is 1510. The zero-order chi connectivity index (χ0) is 32.3. The van der Waals surface area contributed by atoms with E-state index in [0.29, 0.717) is 5.41 Å². The van der Waals surface area contributed by atoms with E-state index in [1.165, 1.54) is 85.5 Å². The van der Waals surface area contributed by atoms with Gasteiger partial charge in [-0.15, -0.1) is 43.7 Å². The van der Waals surface area contributed by atoms with Crippen LogP contribution in [0.3, 0.4) is 0 Å². The Balaban J connectivity index is 0.000000460. The molecule has 252 valence electrons. The Labute approximate surface area is 315 Å². The van der Waals surface area contributed by atoms with Gasteiger partial charge in [0.2, 0.25) is 0 Å². The first kappa shape index (κ1) is 42.8. The summed E-state index contributed by atoms with van der Waals surface area (Å²) in [5.74, 6) is 0. The normalized spacial score (nSPS) is 16.4. The van der Waals surface area contributed by atoms with Gasteiger partial charge < -0.3 is 7.43 Å². The van der Waals surface area contributed by atoms with Crippen molar-refractivity contribution in [3.05, 3.63) is 144 Å². The summed E-state index contributed by atoms with van der Waals surface area (Å²) in [6.45, 7) is 20.6. The standard InChI is InChI=1S/C27H29.C9H13.C6H5.CH3.CH2.2ClH.Zr/c1-16-7-9-26(3,4)24-12-18-11-19-13-25-21(17(2)8-10-27(25,5)6)15-23(19)22(18)14-20(16)24;1-9(2,3)8-6-4-5-7-8;1-2-4-6-5-3-1;;;;;/h7-9,12-15H,10-11H2,1-6H3;6-7H,4H2,1-3H3;1-5H;1H3;1H2;2*1H;/q4*-1;;;;. The van der Waals surface area contributed by atoms with E-state index in [2.05, 4.69) is 134 Å². The molecule has 3 aromatic rings. The summed E-state index contributed by atoms with van der Waals surface area (Å²) in [5.41, 5.74) is 16.7. The molecule has 0 atom stereocenters. The predicted octanol–water partition coefficient (Wildman–Crippen LogP) is 12.7. The molecule has 0 saturated carbocycles. The third kappa shape index (κ3) is 9.72. The summed E-state index contributed by atoms with van der Waals surface area (Å²) in [4.78, 5) is 0. The molecule has 0 nitrogen and oxygen atoms in total. The van der Waals surface area contributed by atoms with Crippen LogP contribution in [0.1, 0.15) is 109 Å². The van der Waals surface area contributed by atoms with Crippen LogP contribution in [-0.2, 0) is 41.5 Å². The van der Waals surface area contributed by atoms with Gasteiger partial charge >= 0.3 is 28.4 Å². The molecule has 0 fully saturated rings. The maximum absolute atomic E-state index is 3.34. The zero-order valence-corrected chi connectivity index (χ0v) is 34.3. The molecular formula is C44H54Cl2Zr-4. The average Bonchev–Trinajstić information content (AvgIpc) is 3.67. The fraction of sp³-hybridized carbons (Fsp3) is 0.341. The van der Waals surface area contributed by atoms with E-state index in [1.807, 2.05) is 30.3 Å². The van der Waals surface area contributed by atoms with E-state index in [9.17, 15) is 0 Å². The molecule has 0 aromatic heterocycles. The second kappa shape index (κ2) is 17.5. The van der Waals surface area contributed by atoms with Gasteiger partial charge in [-0.25, -0.2) is 18.6 Å². The van der Waals surface area contributed by atoms with Crippen molar-refractivity contribution in [1.29, 1.82) is 0 Å². The molecule has 7 rings (SSSR count). The zero-order valence-electron chi connectivity index (χ0n) is 30.2. The minimum atomic E-state index is 0. The fourth-order valence-corrected chi connectivity index (χ4v) is 6.44. The summed E-state index contributed by atoms with van der Waals surface area (Å²) in [6.07, 6.45) is 17.8. The smallest absolute Gasteiger partial charge is 0.171 e. The molecule has 0 heterocycles. The van der Waals surface area contributed by atoms with Gasteiger partial charge in [-0.2, -0.15) is 53.6 Å². The van der Waals surface area contributed by atoms with Crippen molar-refractivity contribution >= 4 is 40.2 Å². The molecule has 0 unspecified atom stereocenters. The van der Waals surface area contributed by atoms with Crippen LogP contribution in [0, 0.1) is 31.4 Å². The van der Waals surface area contributed by atoms with Crippen LogP contribution in [0.15, 0.2) is 84.5 Å². The van der Waals surface area contributed by atoms with Gasteiger partial charge in [-0.3, -0.25) is 6.08 Å². The molecule has 0 amide bonds. The third-order valence-corrected chi connectivity index (χ3v) is 9.27. The van der Waals surface area contributed by atoms with E-state index < -0.39 is 0 Å². The van der Waals surface area contributed by atoms with Gasteiger partial charge in [-0.05, 0) is 70.2 Å². The molecule has 3 aromatic carbocycles. The number of fused-ring (bicyclic) bond motifs is 5. The van der Waals surface area contributed by atoms with Crippen molar-refractivity contribution in [2.75, 3.05) is 0 Å². The van der Waals surface area contributed by atoms with Crippen LogP contribution in [0.2, 0.25) is 0 Å². The maximum atomic E-state index is 3.34. The van der Waals surface area contributed by atoms with Crippen LogP contribution in [0.5, 0.6) is 0 Å². The van der Waals surface area contributed by atoms with Crippen molar-refractivity contribution in [2.24, 2.45) is 5.41 Å². The van der Waals surface area contributed by atoms with Gasteiger partial charge in [0.1, 0.15) is 0 Å². The van der Waals surface area contributed by atoms with Crippen LogP contribution in [-0.4, -0.2) is 4.21 Å². The number of rotatable bonds is 0. The Morgan fingerprint density at radius 3 is 1.77 bits per heavy atom. The van der Waals surface area contributed by atoms with Crippen LogP contribution < -0.4 is 0 Å². The molecule has 4 aliphatic rings. The summed E-state index contributed by atoms with van der Waals surface area (Å²) < 4.78 is 3.34. The number of halogens is 2. The number of hydrogen-bond donors (Lipinski definition) is 0. The van der Waals surface area contributed by atoms with Crippen LogP contribution in [0.4, 0.5) is 0 Å². The molecule has 4 aliphatic carbocycles. The van der Waals surface area contributed by atoms with E-state index in [4.69, 9.17) is 0 Å². The Morgan fingerprint density at radius 2 is 1.32 bits per heavy atom. The Morgan fingerprint density at radius 1 is 0.766 bits per heavy atom. The Kier molecular flexibility index (Phi) is 15.9. The van der Waals surface area contributed by atoms with Crippen molar-refractivity contribution in [1.82, 2.24) is 0 Å². The van der Waals surface area contributed by atoms with Crippen molar-refractivity contribution in [3.63, 3.8) is 0 Å². The largest absolute Gasteiger partial charge is 0.358 e. The molecule has 0 aliphatic heterocycles. The quantitative estimate of drug-likeness (QED) is 0.157. The van der Waals surface area contributed by atoms with E-state index in [-0.39, 0.29) is 43.1 Å². The SMILES string of the molecule is CC(C)(C)C1=CC[C-]=C1.CC1=C[CH-]C(C)(C)c2cc3c(cc21)-c1cc2c(cc1C3)C(C)(C)CC=C2C.Cl.Cl.[CH2]=[Zr].[CH3-].[c-]1ccccc1. The summed E-state index contributed by atoms with van der Waals surface area (Å²) in [7, 11) is 0. The molecule has 0 spiro atoms. The Hall–Kier alpha value is -2.18. The fourth-order valence-electron chi connectivity index (χ4n) is 6.44. The average molecular weight is 745 g/mol. The summed E-state index contributed by atoms with van der Waals surface area (Å²) in [5, 5.41) is 0. The third-order valence-electron chi connectivity index (χ3n) is 9.27. The molecule has 0 bridgehead atoms.